The second-order valence-electron chi connectivity index (χ2n) is 3.88. The number of rotatable bonds is 1. The normalized spacial score (nSPS) is 10.7. The van der Waals surface area contributed by atoms with Crippen LogP contribution in [-0.2, 0) is 0 Å². The molecule has 6 heteroatoms. The Kier molecular flexibility index (Phi) is 2.72. The summed E-state index contributed by atoms with van der Waals surface area (Å²) in [5.74, 6) is 1.17. The first-order valence-corrected chi connectivity index (χ1v) is 5.49. The van der Waals surface area contributed by atoms with E-state index < -0.39 is 0 Å². The monoisotopic (exact) mass is 269 g/mol. The summed E-state index contributed by atoms with van der Waals surface area (Å²) < 4.78 is 6.83. The van der Waals surface area contributed by atoms with E-state index in [0.29, 0.717) is 11.6 Å². The van der Waals surface area contributed by atoms with Crippen molar-refractivity contribution in [2.24, 2.45) is 0 Å². The van der Waals surface area contributed by atoms with Crippen molar-refractivity contribution in [2.45, 2.75) is 0 Å². The molecule has 0 aliphatic heterocycles. The number of nitrogens with zero attached hydrogens (tertiary/aromatic N) is 4. The summed E-state index contributed by atoms with van der Waals surface area (Å²) in [5.41, 5.74) is 1.58. The number of hydrogen-bond acceptors (Lipinski definition) is 4. The molecule has 0 atom stereocenters. The zero-order chi connectivity index (χ0) is 11.9. The minimum absolute atomic E-state index is 0. The van der Waals surface area contributed by atoms with Gasteiger partial charge >= 0.3 is 0 Å². The molecule has 0 bridgehead atoms. The number of aromatic nitrogens is 4. The molecule has 1 radical (unpaired) electrons. The van der Waals surface area contributed by atoms with Gasteiger partial charge in [0.2, 0.25) is 12.2 Å². The largest absolute Gasteiger partial charge is 0.461 e. The average molecular weight is 269 g/mol. The predicted octanol–water partition coefficient (Wildman–Crippen LogP) is 2.45. The lowest BCUT2D eigenvalue weighted by molar-refractivity contribution is 0.577. The SMILES string of the molecule is S.[c]1nc2ccccc2c2nc(-c3ccco3)nn12. The molecule has 0 saturated heterocycles. The fourth-order valence-electron chi connectivity index (χ4n) is 1.93. The predicted molar refractivity (Wildman–Crippen MR) is 75.2 cm³/mol. The number of hydrogen-bond donors (Lipinski definition) is 0. The molecule has 5 nitrogen and oxygen atoms in total. The van der Waals surface area contributed by atoms with Crippen molar-refractivity contribution in [3.63, 3.8) is 0 Å². The lowest BCUT2D eigenvalue weighted by atomic mass is 10.2. The van der Waals surface area contributed by atoms with E-state index in [1.165, 1.54) is 0 Å². The van der Waals surface area contributed by atoms with E-state index in [0.717, 1.165) is 16.6 Å². The number of para-hydroxylation sites is 1. The molecule has 0 fully saturated rings. The molecule has 0 unspecified atom stereocenters. The van der Waals surface area contributed by atoms with Crippen LogP contribution < -0.4 is 0 Å². The molecular weight excluding hydrogens is 260 g/mol. The van der Waals surface area contributed by atoms with Crippen LogP contribution in [0.4, 0.5) is 0 Å². The Balaban J connectivity index is 0.00000110. The lowest BCUT2D eigenvalue weighted by Crippen LogP contribution is -1.91. The maximum Gasteiger partial charge on any atom is 0.217 e. The van der Waals surface area contributed by atoms with E-state index in [4.69, 9.17) is 4.42 Å². The second-order valence-corrected chi connectivity index (χ2v) is 3.88. The van der Waals surface area contributed by atoms with Crippen molar-refractivity contribution in [1.82, 2.24) is 19.6 Å². The van der Waals surface area contributed by atoms with Gasteiger partial charge in [0.05, 0.1) is 11.8 Å². The molecular formula is C13H9N4OS. The Morgan fingerprint density at radius 2 is 2.00 bits per heavy atom. The first-order valence-electron chi connectivity index (χ1n) is 5.49. The Morgan fingerprint density at radius 1 is 1.11 bits per heavy atom. The summed E-state index contributed by atoms with van der Waals surface area (Å²) >= 11 is 0. The number of benzene rings is 1. The molecule has 0 spiro atoms. The highest BCUT2D eigenvalue weighted by molar-refractivity contribution is 7.59. The van der Waals surface area contributed by atoms with Crippen LogP contribution in [0.25, 0.3) is 28.1 Å². The molecule has 0 aliphatic rings. The van der Waals surface area contributed by atoms with Gasteiger partial charge in [-0.1, -0.05) is 12.1 Å². The van der Waals surface area contributed by atoms with Gasteiger partial charge in [0.25, 0.3) is 0 Å². The zero-order valence-electron chi connectivity index (χ0n) is 9.74. The van der Waals surface area contributed by atoms with Crippen molar-refractivity contribution in [3.05, 3.63) is 49.0 Å². The van der Waals surface area contributed by atoms with Gasteiger partial charge in [0.15, 0.2) is 11.4 Å². The van der Waals surface area contributed by atoms with Crippen LogP contribution in [0.2, 0.25) is 0 Å². The summed E-state index contributed by atoms with van der Waals surface area (Å²) in [5, 5.41) is 5.24. The minimum atomic E-state index is 0. The average Bonchev–Trinajstić information content (AvgIpc) is 3.07. The lowest BCUT2D eigenvalue weighted by Gasteiger charge is -1.95. The maximum atomic E-state index is 5.29. The third-order valence-electron chi connectivity index (χ3n) is 2.76. The molecule has 19 heavy (non-hydrogen) atoms. The molecule has 3 heterocycles. The van der Waals surface area contributed by atoms with Gasteiger partial charge in [-0.2, -0.15) is 18.0 Å². The summed E-state index contributed by atoms with van der Waals surface area (Å²) in [4.78, 5) is 8.68. The van der Waals surface area contributed by atoms with Crippen molar-refractivity contribution < 1.29 is 4.42 Å². The van der Waals surface area contributed by atoms with Gasteiger partial charge in [-0.25, -0.2) is 9.97 Å². The highest BCUT2D eigenvalue weighted by atomic mass is 32.1. The van der Waals surface area contributed by atoms with Crippen LogP contribution in [0.15, 0.2) is 47.1 Å². The van der Waals surface area contributed by atoms with Gasteiger partial charge in [-0.05, 0) is 24.3 Å². The molecule has 93 valence electrons. The van der Waals surface area contributed by atoms with E-state index >= 15 is 0 Å². The molecule has 1 aromatic carbocycles. The second kappa shape index (κ2) is 4.40. The van der Waals surface area contributed by atoms with Crippen molar-refractivity contribution in [3.8, 4) is 11.6 Å². The molecule has 0 N–H and O–H groups in total. The fraction of sp³-hybridized carbons (Fsp3) is 0. The summed E-state index contributed by atoms with van der Waals surface area (Å²) in [7, 11) is 0. The van der Waals surface area contributed by atoms with Gasteiger partial charge in [-0.15, -0.1) is 5.10 Å². The maximum absolute atomic E-state index is 5.29. The van der Waals surface area contributed by atoms with E-state index in [1.807, 2.05) is 30.3 Å². The van der Waals surface area contributed by atoms with E-state index in [1.54, 1.807) is 16.8 Å². The van der Waals surface area contributed by atoms with Crippen LogP contribution in [0.5, 0.6) is 0 Å². The van der Waals surface area contributed by atoms with Crippen LogP contribution in [-0.4, -0.2) is 19.6 Å². The van der Waals surface area contributed by atoms with Crippen LogP contribution in [0.3, 0.4) is 0 Å². The van der Waals surface area contributed by atoms with Gasteiger partial charge in [0, 0.05) is 5.39 Å². The quantitative estimate of drug-likeness (QED) is 0.532. The summed E-state index contributed by atoms with van der Waals surface area (Å²) in [6.07, 6.45) is 4.43. The van der Waals surface area contributed by atoms with Gasteiger partial charge in [-0.3, -0.25) is 0 Å². The molecule has 0 amide bonds. The van der Waals surface area contributed by atoms with Crippen molar-refractivity contribution in [2.75, 3.05) is 0 Å². The van der Waals surface area contributed by atoms with Crippen molar-refractivity contribution in [1.29, 1.82) is 0 Å². The Hall–Kier alpha value is -2.34. The summed E-state index contributed by atoms with van der Waals surface area (Å²) in [6, 6.07) is 11.4. The molecule has 0 saturated carbocycles. The third kappa shape index (κ3) is 1.77. The first-order chi connectivity index (χ1) is 8.92. The Labute approximate surface area is 115 Å². The van der Waals surface area contributed by atoms with Crippen LogP contribution >= 0.6 is 13.5 Å². The van der Waals surface area contributed by atoms with Crippen LogP contribution in [0.1, 0.15) is 0 Å². The van der Waals surface area contributed by atoms with E-state index in [9.17, 15) is 0 Å². The molecule has 4 aromatic rings. The third-order valence-corrected chi connectivity index (χ3v) is 2.76. The molecule has 3 aromatic heterocycles. The molecule has 0 aliphatic carbocycles. The van der Waals surface area contributed by atoms with E-state index in [-0.39, 0.29) is 13.5 Å². The van der Waals surface area contributed by atoms with Crippen LogP contribution in [0, 0.1) is 6.33 Å². The number of fused-ring (bicyclic) bond motifs is 3. The Bertz CT molecular complexity index is 838. The van der Waals surface area contributed by atoms with E-state index in [2.05, 4.69) is 21.4 Å². The van der Waals surface area contributed by atoms with Gasteiger partial charge in [0.1, 0.15) is 0 Å². The topological polar surface area (TPSA) is 56.2 Å². The number of furan rings is 1. The highest BCUT2D eigenvalue weighted by Crippen LogP contribution is 2.20. The first kappa shape index (κ1) is 11.7. The fourth-order valence-corrected chi connectivity index (χ4v) is 1.93. The minimum Gasteiger partial charge on any atom is -0.461 e. The summed E-state index contributed by atoms with van der Waals surface area (Å²) in [6.45, 7) is 0. The van der Waals surface area contributed by atoms with Crippen molar-refractivity contribution >= 4 is 30.0 Å². The zero-order valence-corrected chi connectivity index (χ0v) is 10.7. The standard InChI is InChI=1S/C13H7N4O.H2S/c1-2-5-10-9(4-1)13-15-12(11-6-3-7-18-11)16-17(13)8-14-10;/h1-7H;1H2. The van der Waals surface area contributed by atoms with Gasteiger partial charge < -0.3 is 4.42 Å². The Morgan fingerprint density at radius 3 is 2.84 bits per heavy atom. The highest BCUT2D eigenvalue weighted by Gasteiger charge is 2.11. The smallest absolute Gasteiger partial charge is 0.217 e. The molecule has 4 rings (SSSR count).